The Morgan fingerprint density at radius 1 is 1.09 bits per heavy atom. The lowest BCUT2D eigenvalue weighted by Crippen LogP contribution is -2.11. The summed E-state index contributed by atoms with van der Waals surface area (Å²) in [6.07, 6.45) is 0. The van der Waals surface area contributed by atoms with Gasteiger partial charge in [-0.1, -0.05) is 50.2 Å². The predicted octanol–water partition coefficient (Wildman–Crippen LogP) is 4.53. The molecule has 0 radical (unpaired) electrons. The van der Waals surface area contributed by atoms with Crippen LogP contribution in [-0.4, -0.2) is 15.5 Å². The first-order valence-corrected chi connectivity index (χ1v) is 8.16. The lowest BCUT2D eigenvalue weighted by atomic mass is 10.1. The predicted molar refractivity (Wildman–Crippen MR) is 92.2 cm³/mol. The molecule has 0 saturated heterocycles. The molecule has 0 bridgehead atoms. The van der Waals surface area contributed by atoms with Gasteiger partial charge in [0.1, 0.15) is 10.6 Å². The fraction of sp³-hybridized carbons (Fsp3) is 0.0625. The number of nitrogens with zero attached hydrogens (tertiary/aromatic N) is 2. The van der Waals surface area contributed by atoms with Crippen molar-refractivity contribution in [1.29, 1.82) is 0 Å². The molecule has 6 heteroatoms. The van der Waals surface area contributed by atoms with Crippen LogP contribution >= 0.6 is 27.5 Å². The van der Waals surface area contributed by atoms with Crippen LogP contribution in [0, 0.1) is 6.92 Å². The third-order valence-electron chi connectivity index (χ3n) is 3.12. The summed E-state index contributed by atoms with van der Waals surface area (Å²) in [7, 11) is 0. The molecule has 1 heterocycles. The topological polar surface area (TPSA) is 54.9 Å². The van der Waals surface area contributed by atoms with E-state index in [0.717, 1.165) is 32.8 Å². The Morgan fingerprint density at radius 3 is 2.45 bits per heavy atom. The minimum atomic E-state index is -0.201. The molecule has 0 atom stereocenters. The SMILES string of the molecule is Cc1ccc(-c2nnsc2C(=O)Nc2ccc(Br)cc2)cc1. The van der Waals surface area contributed by atoms with Crippen molar-refractivity contribution in [2.24, 2.45) is 0 Å². The Morgan fingerprint density at radius 2 is 1.77 bits per heavy atom. The van der Waals surface area contributed by atoms with Crippen molar-refractivity contribution in [2.75, 3.05) is 5.32 Å². The van der Waals surface area contributed by atoms with Crippen LogP contribution in [0.1, 0.15) is 15.2 Å². The maximum atomic E-state index is 12.4. The van der Waals surface area contributed by atoms with Gasteiger partial charge in [0.05, 0.1) is 0 Å². The number of rotatable bonds is 3. The van der Waals surface area contributed by atoms with Crippen LogP contribution in [-0.2, 0) is 0 Å². The average Bonchev–Trinajstić information content (AvgIpc) is 3.00. The highest BCUT2D eigenvalue weighted by Gasteiger charge is 2.17. The molecule has 1 aromatic heterocycles. The Kier molecular flexibility index (Phi) is 4.31. The number of aryl methyl sites for hydroxylation is 1. The first-order chi connectivity index (χ1) is 10.6. The van der Waals surface area contributed by atoms with Crippen molar-refractivity contribution < 1.29 is 4.79 Å². The van der Waals surface area contributed by atoms with Crippen LogP contribution in [0.4, 0.5) is 5.69 Å². The second kappa shape index (κ2) is 6.37. The zero-order valence-electron chi connectivity index (χ0n) is 11.7. The highest BCUT2D eigenvalue weighted by atomic mass is 79.9. The van der Waals surface area contributed by atoms with E-state index < -0.39 is 0 Å². The van der Waals surface area contributed by atoms with Gasteiger partial charge >= 0.3 is 0 Å². The lowest BCUT2D eigenvalue weighted by molar-refractivity contribution is 0.103. The maximum Gasteiger partial charge on any atom is 0.269 e. The second-order valence-electron chi connectivity index (χ2n) is 4.78. The highest BCUT2D eigenvalue weighted by molar-refractivity contribution is 9.10. The van der Waals surface area contributed by atoms with E-state index in [4.69, 9.17) is 0 Å². The lowest BCUT2D eigenvalue weighted by Gasteiger charge is -2.05. The molecule has 0 spiro atoms. The van der Waals surface area contributed by atoms with E-state index in [1.54, 1.807) is 0 Å². The first kappa shape index (κ1) is 14.9. The summed E-state index contributed by atoms with van der Waals surface area (Å²) in [6, 6.07) is 15.3. The van der Waals surface area contributed by atoms with Crippen LogP contribution in [0.15, 0.2) is 53.0 Å². The highest BCUT2D eigenvalue weighted by Crippen LogP contribution is 2.25. The molecule has 0 aliphatic carbocycles. The first-order valence-electron chi connectivity index (χ1n) is 6.60. The van der Waals surface area contributed by atoms with Crippen LogP contribution in [0.5, 0.6) is 0 Å². The molecule has 1 amide bonds. The molecule has 0 aliphatic heterocycles. The van der Waals surface area contributed by atoms with Gasteiger partial charge in [-0.25, -0.2) is 0 Å². The average molecular weight is 374 g/mol. The fourth-order valence-electron chi connectivity index (χ4n) is 1.96. The van der Waals surface area contributed by atoms with Crippen LogP contribution in [0.3, 0.4) is 0 Å². The number of benzene rings is 2. The minimum absolute atomic E-state index is 0.201. The van der Waals surface area contributed by atoms with Gasteiger partial charge in [-0.15, -0.1) is 5.10 Å². The van der Waals surface area contributed by atoms with E-state index in [0.29, 0.717) is 10.6 Å². The number of halogens is 1. The summed E-state index contributed by atoms with van der Waals surface area (Å²) in [5, 5.41) is 6.96. The van der Waals surface area contributed by atoms with Gasteiger partial charge < -0.3 is 5.32 Å². The molecular formula is C16H12BrN3OS. The third kappa shape index (κ3) is 3.23. The number of hydrogen-bond acceptors (Lipinski definition) is 4. The molecule has 110 valence electrons. The molecule has 3 rings (SSSR count). The molecule has 0 aliphatic rings. The summed E-state index contributed by atoms with van der Waals surface area (Å²) in [5.74, 6) is -0.201. The summed E-state index contributed by atoms with van der Waals surface area (Å²) < 4.78 is 4.88. The molecule has 3 aromatic rings. The summed E-state index contributed by atoms with van der Waals surface area (Å²) in [6.45, 7) is 2.02. The standard InChI is InChI=1S/C16H12BrN3OS/c1-10-2-4-11(5-3-10)14-15(22-20-19-14)16(21)18-13-8-6-12(17)7-9-13/h2-9H,1H3,(H,18,21). The van der Waals surface area contributed by atoms with Crippen molar-refractivity contribution in [2.45, 2.75) is 6.92 Å². The van der Waals surface area contributed by atoms with E-state index in [-0.39, 0.29) is 5.91 Å². The molecular weight excluding hydrogens is 362 g/mol. The van der Waals surface area contributed by atoms with E-state index in [9.17, 15) is 4.79 Å². The van der Waals surface area contributed by atoms with Crippen LogP contribution in [0.25, 0.3) is 11.3 Å². The number of hydrogen-bond donors (Lipinski definition) is 1. The number of nitrogens with one attached hydrogen (secondary N) is 1. The number of carbonyl (C=O) groups excluding carboxylic acids is 1. The molecule has 0 saturated carbocycles. The van der Waals surface area contributed by atoms with Gasteiger partial charge in [0, 0.05) is 15.7 Å². The number of aromatic nitrogens is 2. The zero-order chi connectivity index (χ0) is 15.5. The van der Waals surface area contributed by atoms with Gasteiger partial charge in [-0.05, 0) is 42.7 Å². The van der Waals surface area contributed by atoms with Gasteiger partial charge in [0.25, 0.3) is 5.91 Å². The summed E-state index contributed by atoms with van der Waals surface area (Å²) in [4.78, 5) is 12.9. The van der Waals surface area contributed by atoms with Gasteiger partial charge in [-0.3, -0.25) is 4.79 Å². The number of anilines is 1. The van der Waals surface area contributed by atoms with Crippen molar-refractivity contribution in [3.63, 3.8) is 0 Å². The smallest absolute Gasteiger partial charge is 0.269 e. The molecule has 0 fully saturated rings. The monoisotopic (exact) mass is 373 g/mol. The fourth-order valence-corrected chi connectivity index (χ4v) is 2.81. The van der Waals surface area contributed by atoms with Crippen molar-refractivity contribution in [3.05, 3.63) is 63.4 Å². The Balaban J connectivity index is 1.86. The second-order valence-corrected chi connectivity index (χ2v) is 6.45. The van der Waals surface area contributed by atoms with Crippen molar-refractivity contribution >= 4 is 39.1 Å². The third-order valence-corrected chi connectivity index (χ3v) is 4.37. The molecule has 0 unspecified atom stereocenters. The van der Waals surface area contributed by atoms with E-state index >= 15 is 0 Å². The molecule has 2 aromatic carbocycles. The number of carbonyl (C=O) groups is 1. The van der Waals surface area contributed by atoms with Crippen molar-refractivity contribution in [3.8, 4) is 11.3 Å². The Bertz CT molecular complexity index is 797. The van der Waals surface area contributed by atoms with E-state index in [2.05, 4.69) is 30.8 Å². The maximum absolute atomic E-state index is 12.4. The van der Waals surface area contributed by atoms with Crippen molar-refractivity contribution in [1.82, 2.24) is 9.59 Å². The van der Waals surface area contributed by atoms with E-state index in [1.165, 1.54) is 0 Å². The van der Waals surface area contributed by atoms with Gasteiger partial charge in [-0.2, -0.15) is 0 Å². The minimum Gasteiger partial charge on any atom is -0.321 e. The van der Waals surface area contributed by atoms with Crippen LogP contribution < -0.4 is 5.32 Å². The van der Waals surface area contributed by atoms with Crippen LogP contribution in [0.2, 0.25) is 0 Å². The normalized spacial score (nSPS) is 10.5. The van der Waals surface area contributed by atoms with Gasteiger partial charge in [0.15, 0.2) is 0 Å². The van der Waals surface area contributed by atoms with E-state index in [1.807, 2.05) is 55.5 Å². The molecule has 1 N–H and O–H groups in total. The van der Waals surface area contributed by atoms with Gasteiger partial charge in [0.2, 0.25) is 0 Å². The number of amides is 1. The largest absolute Gasteiger partial charge is 0.321 e. The zero-order valence-corrected chi connectivity index (χ0v) is 14.1. The summed E-state index contributed by atoms with van der Waals surface area (Å²) in [5.41, 5.74) is 3.39. The Labute approximate surface area is 140 Å². The quantitative estimate of drug-likeness (QED) is 0.733. The molecule has 22 heavy (non-hydrogen) atoms. The summed E-state index contributed by atoms with van der Waals surface area (Å²) >= 11 is 4.46. The Hall–Kier alpha value is -2.05. The molecule has 4 nitrogen and oxygen atoms in total.